The third kappa shape index (κ3) is 4.24. The molecule has 2 amide bonds. The molecule has 0 radical (unpaired) electrons. The number of aromatic nitrogens is 3. The number of carbonyl (C=O) groups excluding carboxylic acids is 2. The Labute approximate surface area is 156 Å². The van der Waals surface area contributed by atoms with Gasteiger partial charge in [0.15, 0.2) is 5.69 Å². The molecule has 0 spiro atoms. The Morgan fingerprint density at radius 1 is 1.23 bits per heavy atom. The zero-order valence-corrected chi connectivity index (χ0v) is 15.8. The Morgan fingerprint density at radius 2 is 1.96 bits per heavy atom. The number of nitrogens with one attached hydrogen (secondary N) is 2. The fraction of sp³-hybridized carbons (Fsp3) is 0.444. The molecule has 1 aliphatic carbocycles. The van der Waals surface area contributed by atoms with Crippen molar-refractivity contribution in [2.75, 3.05) is 18.6 Å². The van der Waals surface area contributed by atoms with Gasteiger partial charge >= 0.3 is 0 Å². The van der Waals surface area contributed by atoms with E-state index in [1.165, 1.54) is 0 Å². The maximum atomic E-state index is 12.5. The van der Waals surface area contributed by atoms with Crippen molar-refractivity contribution in [3.8, 4) is 5.69 Å². The minimum atomic E-state index is -0.159. The van der Waals surface area contributed by atoms with Crippen LogP contribution in [0.4, 0.5) is 0 Å². The number of nitrogens with zero attached hydrogens (tertiary/aromatic N) is 3. The minimum absolute atomic E-state index is 0.107. The molecule has 0 unspecified atom stereocenters. The Bertz CT molecular complexity index is 783. The first-order chi connectivity index (χ1) is 12.6. The molecule has 1 aliphatic rings. The van der Waals surface area contributed by atoms with Crippen molar-refractivity contribution in [1.82, 2.24) is 25.6 Å². The standard InChI is InChI=1S/C18H23N5O2S/c1-3-19-17(24)12-4-8-14(9-5-12)23-15(10-11-26-2)16(21-22-23)18(25)20-13-6-7-13/h4-5,8-9,13H,3,6-7,10-11H2,1-2H3,(H,19,24)(H,20,25). The second-order valence-corrected chi connectivity index (χ2v) is 7.18. The van der Waals surface area contributed by atoms with Crippen molar-refractivity contribution >= 4 is 23.6 Å². The lowest BCUT2D eigenvalue weighted by molar-refractivity contribution is 0.0940. The molecule has 1 saturated carbocycles. The number of hydrogen-bond donors (Lipinski definition) is 2. The summed E-state index contributed by atoms with van der Waals surface area (Å²) in [6, 6.07) is 7.43. The van der Waals surface area contributed by atoms with Gasteiger partial charge in [-0.25, -0.2) is 4.68 Å². The van der Waals surface area contributed by atoms with Gasteiger partial charge in [-0.2, -0.15) is 11.8 Å². The fourth-order valence-corrected chi connectivity index (χ4v) is 3.00. The van der Waals surface area contributed by atoms with Crippen molar-refractivity contribution in [3.63, 3.8) is 0 Å². The summed E-state index contributed by atoms with van der Waals surface area (Å²) >= 11 is 1.71. The van der Waals surface area contributed by atoms with Crippen LogP contribution in [0.15, 0.2) is 24.3 Å². The van der Waals surface area contributed by atoms with Gasteiger partial charge in [-0.15, -0.1) is 5.10 Å². The predicted octanol–water partition coefficient (Wildman–Crippen LogP) is 1.81. The maximum absolute atomic E-state index is 12.5. The van der Waals surface area contributed by atoms with E-state index in [1.807, 2.05) is 25.3 Å². The Kier molecular flexibility index (Phi) is 5.92. The number of rotatable bonds is 8. The summed E-state index contributed by atoms with van der Waals surface area (Å²) in [5.74, 6) is 0.604. The number of carbonyl (C=O) groups is 2. The first-order valence-corrected chi connectivity index (χ1v) is 10.2. The molecule has 1 aromatic carbocycles. The number of hydrogen-bond acceptors (Lipinski definition) is 5. The van der Waals surface area contributed by atoms with E-state index in [2.05, 4.69) is 20.9 Å². The first-order valence-electron chi connectivity index (χ1n) is 8.77. The van der Waals surface area contributed by atoms with E-state index in [0.717, 1.165) is 30.0 Å². The normalized spacial score (nSPS) is 13.5. The van der Waals surface area contributed by atoms with Crippen LogP contribution in [-0.2, 0) is 6.42 Å². The molecule has 0 aliphatic heterocycles. The quantitative estimate of drug-likeness (QED) is 0.737. The molecule has 7 nitrogen and oxygen atoms in total. The highest BCUT2D eigenvalue weighted by molar-refractivity contribution is 7.98. The molecule has 1 aromatic heterocycles. The average Bonchev–Trinajstić information content (AvgIpc) is 3.36. The van der Waals surface area contributed by atoms with Crippen LogP contribution in [0, 0.1) is 0 Å². The zero-order chi connectivity index (χ0) is 18.5. The number of benzene rings is 1. The summed E-state index contributed by atoms with van der Waals surface area (Å²) in [6.45, 7) is 2.47. The molecular formula is C18H23N5O2S. The van der Waals surface area contributed by atoms with E-state index >= 15 is 0 Å². The van der Waals surface area contributed by atoms with E-state index < -0.39 is 0 Å². The highest BCUT2D eigenvalue weighted by Crippen LogP contribution is 2.21. The second kappa shape index (κ2) is 8.35. The molecule has 0 saturated heterocycles. The molecule has 0 atom stereocenters. The summed E-state index contributed by atoms with van der Waals surface area (Å²) in [6.07, 6.45) is 4.78. The Balaban J connectivity index is 1.86. The van der Waals surface area contributed by atoms with Gasteiger partial charge in [0.2, 0.25) is 0 Å². The SMILES string of the molecule is CCNC(=O)c1ccc(-n2nnc(C(=O)NC3CC3)c2CCSC)cc1. The Morgan fingerprint density at radius 3 is 2.58 bits per heavy atom. The van der Waals surface area contributed by atoms with Crippen LogP contribution in [0.25, 0.3) is 5.69 Å². The average molecular weight is 373 g/mol. The molecule has 8 heteroatoms. The van der Waals surface area contributed by atoms with E-state index in [9.17, 15) is 9.59 Å². The highest BCUT2D eigenvalue weighted by Gasteiger charge is 2.27. The van der Waals surface area contributed by atoms with E-state index in [4.69, 9.17) is 0 Å². The van der Waals surface area contributed by atoms with Gasteiger partial charge < -0.3 is 10.6 Å². The van der Waals surface area contributed by atoms with Gasteiger partial charge in [-0.05, 0) is 56.0 Å². The van der Waals surface area contributed by atoms with Gasteiger partial charge in [0.05, 0.1) is 11.4 Å². The molecule has 0 bridgehead atoms. The molecule has 2 aromatic rings. The van der Waals surface area contributed by atoms with Crippen LogP contribution in [0.2, 0.25) is 0 Å². The summed E-state index contributed by atoms with van der Waals surface area (Å²) in [5, 5.41) is 14.1. The number of amides is 2. The molecule has 2 N–H and O–H groups in total. The van der Waals surface area contributed by atoms with E-state index in [0.29, 0.717) is 24.2 Å². The smallest absolute Gasteiger partial charge is 0.273 e. The molecule has 1 heterocycles. The highest BCUT2D eigenvalue weighted by atomic mass is 32.2. The second-order valence-electron chi connectivity index (χ2n) is 6.19. The van der Waals surface area contributed by atoms with Crippen LogP contribution in [0.5, 0.6) is 0 Å². The Hall–Kier alpha value is -2.35. The lowest BCUT2D eigenvalue weighted by Crippen LogP contribution is -2.27. The van der Waals surface area contributed by atoms with Crippen LogP contribution >= 0.6 is 11.8 Å². The predicted molar refractivity (Wildman–Crippen MR) is 102 cm³/mol. The van der Waals surface area contributed by atoms with Gasteiger partial charge in [-0.1, -0.05) is 5.21 Å². The lowest BCUT2D eigenvalue weighted by Gasteiger charge is -2.09. The van der Waals surface area contributed by atoms with Gasteiger partial charge in [0.25, 0.3) is 11.8 Å². The molecule has 3 rings (SSSR count). The van der Waals surface area contributed by atoms with Crippen molar-refractivity contribution < 1.29 is 9.59 Å². The number of thioether (sulfide) groups is 1. The van der Waals surface area contributed by atoms with E-state index in [-0.39, 0.29) is 17.9 Å². The third-order valence-electron chi connectivity index (χ3n) is 4.15. The van der Waals surface area contributed by atoms with Crippen LogP contribution in [0.3, 0.4) is 0 Å². The van der Waals surface area contributed by atoms with Crippen molar-refractivity contribution in [1.29, 1.82) is 0 Å². The lowest BCUT2D eigenvalue weighted by atomic mass is 10.2. The summed E-state index contributed by atoms with van der Waals surface area (Å²) in [5.41, 5.74) is 2.56. The van der Waals surface area contributed by atoms with Crippen LogP contribution in [-0.4, -0.2) is 51.4 Å². The first kappa shape index (κ1) is 18.4. The van der Waals surface area contributed by atoms with Gasteiger partial charge in [-0.3, -0.25) is 9.59 Å². The van der Waals surface area contributed by atoms with Gasteiger partial charge in [0.1, 0.15) is 0 Å². The molecule has 1 fully saturated rings. The monoisotopic (exact) mass is 373 g/mol. The minimum Gasteiger partial charge on any atom is -0.352 e. The van der Waals surface area contributed by atoms with Crippen molar-refractivity contribution in [2.45, 2.75) is 32.2 Å². The summed E-state index contributed by atoms with van der Waals surface area (Å²) in [7, 11) is 0. The summed E-state index contributed by atoms with van der Waals surface area (Å²) in [4.78, 5) is 24.4. The molecule has 138 valence electrons. The van der Waals surface area contributed by atoms with E-state index in [1.54, 1.807) is 28.6 Å². The van der Waals surface area contributed by atoms with Gasteiger partial charge in [0, 0.05) is 24.6 Å². The van der Waals surface area contributed by atoms with Crippen LogP contribution < -0.4 is 10.6 Å². The van der Waals surface area contributed by atoms with Crippen molar-refractivity contribution in [2.24, 2.45) is 0 Å². The zero-order valence-electron chi connectivity index (χ0n) is 15.0. The largest absolute Gasteiger partial charge is 0.352 e. The molecular weight excluding hydrogens is 350 g/mol. The maximum Gasteiger partial charge on any atom is 0.273 e. The topological polar surface area (TPSA) is 88.9 Å². The molecule has 26 heavy (non-hydrogen) atoms. The van der Waals surface area contributed by atoms with Crippen LogP contribution in [0.1, 0.15) is 46.3 Å². The summed E-state index contributed by atoms with van der Waals surface area (Å²) < 4.78 is 1.69. The van der Waals surface area contributed by atoms with Crippen molar-refractivity contribution in [3.05, 3.63) is 41.2 Å². The fourth-order valence-electron chi connectivity index (χ4n) is 2.61. The third-order valence-corrected chi connectivity index (χ3v) is 4.76.